The van der Waals surface area contributed by atoms with Crippen molar-refractivity contribution < 1.29 is 13.2 Å². The Bertz CT molecular complexity index is 514. The summed E-state index contributed by atoms with van der Waals surface area (Å²) in [4.78, 5) is 0. The predicted octanol–water partition coefficient (Wildman–Crippen LogP) is 1.81. The highest BCUT2D eigenvalue weighted by atomic mass is 79.9. The van der Waals surface area contributed by atoms with Crippen molar-refractivity contribution >= 4 is 25.8 Å². The number of hydrogen-bond acceptors (Lipinski definition) is 4. The van der Waals surface area contributed by atoms with Crippen LogP contribution >= 0.6 is 15.9 Å². The van der Waals surface area contributed by atoms with Gasteiger partial charge in [0.2, 0.25) is 0 Å². The van der Waals surface area contributed by atoms with Crippen molar-refractivity contribution in [3.63, 3.8) is 0 Å². The van der Waals surface area contributed by atoms with Crippen LogP contribution in [0.5, 0.6) is 5.75 Å². The summed E-state index contributed by atoms with van der Waals surface area (Å²) in [6.07, 6.45) is 1.17. The van der Waals surface area contributed by atoms with Gasteiger partial charge in [-0.05, 0) is 24.6 Å². The van der Waals surface area contributed by atoms with Crippen molar-refractivity contribution in [1.29, 1.82) is 0 Å². The summed E-state index contributed by atoms with van der Waals surface area (Å²) < 4.78 is 28.6. The zero-order valence-corrected chi connectivity index (χ0v) is 12.4. The first-order chi connectivity index (χ1) is 7.74. The molecule has 1 aromatic rings. The van der Waals surface area contributed by atoms with Crippen molar-refractivity contribution in [1.82, 2.24) is 0 Å². The van der Waals surface area contributed by atoms with E-state index >= 15 is 0 Å². The van der Waals surface area contributed by atoms with Gasteiger partial charge in [-0.3, -0.25) is 0 Å². The first-order valence-corrected chi connectivity index (χ1v) is 7.87. The lowest BCUT2D eigenvalue weighted by Crippen LogP contribution is -2.21. The van der Waals surface area contributed by atoms with Crippen molar-refractivity contribution in [2.75, 3.05) is 19.1 Å². The monoisotopic (exact) mass is 321 g/mol. The molecule has 4 nitrogen and oxygen atoms in total. The Balaban J connectivity index is 3.16. The molecule has 1 aromatic carbocycles. The smallest absolute Gasteiger partial charge is 0.149 e. The molecule has 0 bridgehead atoms. The Hall–Kier alpha value is -0.590. The van der Waals surface area contributed by atoms with Crippen LogP contribution in [0.4, 0.5) is 0 Å². The molecular weight excluding hydrogens is 306 g/mol. The molecule has 0 spiro atoms. The summed E-state index contributed by atoms with van der Waals surface area (Å²) >= 11 is 3.40. The summed E-state index contributed by atoms with van der Waals surface area (Å²) in [5, 5.41) is 0. The molecule has 0 aliphatic rings. The van der Waals surface area contributed by atoms with Crippen molar-refractivity contribution in [3.8, 4) is 5.75 Å². The maximum Gasteiger partial charge on any atom is 0.149 e. The minimum absolute atomic E-state index is 0.0984. The Labute approximate surface area is 110 Å². The second-order valence-electron chi connectivity index (χ2n) is 4.04. The van der Waals surface area contributed by atoms with E-state index in [0.29, 0.717) is 11.3 Å². The number of benzene rings is 1. The molecule has 96 valence electrons. The summed E-state index contributed by atoms with van der Waals surface area (Å²) in [5.41, 5.74) is 7.60. The number of nitrogens with two attached hydrogens (primary N) is 1. The second kappa shape index (κ2) is 5.37. The number of sulfone groups is 1. The van der Waals surface area contributed by atoms with Crippen LogP contribution in [0.3, 0.4) is 0 Å². The van der Waals surface area contributed by atoms with Gasteiger partial charge in [0.15, 0.2) is 0 Å². The topological polar surface area (TPSA) is 69.4 Å². The zero-order chi connectivity index (χ0) is 13.2. The summed E-state index contributed by atoms with van der Waals surface area (Å²) in [7, 11) is -1.57. The molecular formula is C11H16BrNO3S. The maximum atomic E-state index is 11.2. The normalized spacial score (nSPS) is 13.5. The van der Waals surface area contributed by atoms with Crippen LogP contribution in [0.25, 0.3) is 0 Å². The minimum atomic E-state index is -3.12. The van der Waals surface area contributed by atoms with E-state index in [1.165, 1.54) is 6.26 Å². The molecule has 0 saturated heterocycles. The van der Waals surface area contributed by atoms with E-state index in [-0.39, 0.29) is 5.75 Å². The van der Waals surface area contributed by atoms with E-state index in [4.69, 9.17) is 10.5 Å². The highest BCUT2D eigenvalue weighted by Gasteiger charge is 2.18. The van der Waals surface area contributed by atoms with Crippen LogP contribution in [0.2, 0.25) is 0 Å². The quantitative estimate of drug-likeness (QED) is 0.918. The molecule has 1 rings (SSSR count). The average molecular weight is 322 g/mol. The van der Waals surface area contributed by atoms with Gasteiger partial charge in [0.05, 0.1) is 12.9 Å². The second-order valence-corrected chi connectivity index (χ2v) is 7.08. The van der Waals surface area contributed by atoms with E-state index in [1.807, 2.05) is 19.1 Å². The third kappa shape index (κ3) is 3.97. The molecule has 0 fully saturated rings. The van der Waals surface area contributed by atoms with Crippen molar-refractivity contribution in [3.05, 3.63) is 27.7 Å². The van der Waals surface area contributed by atoms with Crippen LogP contribution < -0.4 is 10.5 Å². The van der Waals surface area contributed by atoms with Gasteiger partial charge in [0.25, 0.3) is 0 Å². The lowest BCUT2D eigenvalue weighted by Gasteiger charge is -2.16. The molecule has 0 radical (unpaired) electrons. The van der Waals surface area contributed by atoms with E-state index in [0.717, 1.165) is 10.0 Å². The van der Waals surface area contributed by atoms with Crippen LogP contribution in [0.1, 0.15) is 17.2 Å². The van der Waals surface area contributed by atoms with Crippen molar-refractivity contribution in [2.45, 2.75) is 13.0 Å². The van der Waals surface area contributed by atoms with Gasteiger partial charge >= 0.3 is 0 Å². The van der Waals surface area contributed by atoms with Crippen molar-refractivity contribution in [2.24, 2.45) is 5.73 Å². The number of halogens is 1. The Morgan fingerprint density at radius 3 is 2.53 bits per heavy atom. The first kappa shape index (κ1) is 14.5. The van der Waals surface area contributed by atoms with Crippen LogP contribution in [0, 0.1) is 6.92 Å². The molecule has 0 saturated carbocycles. The van der Waals surface area contributed by atoms with Gasteiger partial charge < -0.3 is 10.5 Å². The third-order valence-electron chi connectivity index (χ3n) is 2.39. The van der Waals surface area contributed by atoms with Gasteiger partial charge in [0.1, 0.15) is 15.6 Å². The molecule has 1 atom stereocenters. The number of methoxy groups -OCH3 is 1. The summed E-state index contributed by atoms with van der Waals surface area (Å²) in [6, 6.07) is 3.06. The number of hydrogen-bond donors (Lipinski definition) is 1. The van der Waals surface area contributed by atoms with Gasteiger partial charge in [-0.15, -0.1) is 0 Å². The fourth-order valence-electron chi connectivity index (χ4n) is 1.55. The Morgan fingerprint density at radius 2 is 2.06 bits per heavy atom. The Kier molecular flexibility index (Phi) is 4.57. The average Bonchev–Trinajstić information content (AvgIpc) is 2.18. The standard InChI is InChI=1S/C11H16BrNO3S/c1-7-4-11(16-2)8(5-9(7)12)10(13)6-17(3,14)15/h4-5,10H,6,13H2,1-3H3. The largest absolute Gasteiger partial charge is 0.496 e. The molecule has 0 aromatic heterocycles. The van der Waals surface area contributed by atoms with Crippen LogP contribution in [-0.4, -0.2) is 27.5 Å². The summed E-state index contributed by atoms with van der Waals surface area (Å²) in [6.45, 7) is 1.93. The molecule has 0 heterocycles. The highest BCUT2D eigenvalue weighted by molar-refractivity contribution is 9.10. The fraction of sp³-hybridized carbons (Fsp3) is 0.455. The zero-order valence-electron chi connectivity index (χ0n) is 10.0. The third-order valence-corrected chi connectivity index (χ3v) is 4.21. The molecule has 6 heteroatoms. The number of rotatable bonds is 4. The molecule has 0 aliphatic carbocycles. The maximum absolute atomic E-state index is 11.2. The Morgan fingerprint density at radius 1 is 1.47 bits per heavy atom. The van der Waals surface area contributed by atoms with E-state index < -0.39 is 15.9 Å². The van der Waals surface area contributed by atoms with E-state index in [9.17, 15) is 8.42 Å². The van der Waals surface area contributed by atoms with Crippen LogP contribution in [0.15, 0.2) is 16.6 Å². The van der Waals surface area contributed by atoms with E-state index in [2.05, 4.69) is 15.9 Å². The fourth-order valence-corrected chi connectivity index (χ4v) is 2.75. The SMILES string of the molecule is COc1cc(C)c(Br)cc1C(N)CS(C)(=O)=O. The lowest BCUT2D eigenvalue weighted by molar-refractivity contribution is 0.406. The molecule has 2 N–H and O–H groups in total. The molecule has 0 aliphatic heterocycles. The van der Waals surface area contributed by atoms with Gasteiger partial charge in [0, 0.05) is 22.3 Å². The summed E-state index contributed by atoms with van der Waals surface area (Å²) in [5.74, 6) is 0.514. The van der Waals surface area contributed by atoms with Gasteiger partial charge in [-0.25, -0.2) is 8.42 Å². The molecule has 0 amide bonds. The first-order valence-electron chi connectivity index (χ1n) is 5.02. The predicted molar refractivity (Wildman–Crippen MR) is 72.1 cm³/mol. The van der Waals surface area contributed by atoms with Gasteiger partial charge in [-0.1, -0.05) is 15.9 Å². The molecule has 1 unspecified atom stereocenters. The number of aryl methyl sites for hydroxylation is 1. The van der Waals surface area contributed by atoms with Crippen LogP contribution in [-0.2, 0) is 9.84 Å². The minimum Gasteiger partial charge on any atom is -0.496 e. The van der Waals surface area contributed by atoms with Gasteiger partial charge in [-0.2, -0.15) is 0 Å². The highest BCUT2D eigenvalue weighted by Crippen LogP contribution is 2.30. The van der Waals surface area contributed by atoms with E-state index in [1.54, 1.807) is 7.11 Å². The lowest BCUT2D eigenvalue weighted by atomic mass is 10.1. The molecule has 17 heavy (non-hydrogen) atoms. The number of ether oxygens (including phenoxy) is 1.